The van der Waals surface area contributed by atoms with Gasteiger partial charge in [0.05, 0.1) is 25.0 Å². The predicted octanol–water partition coefficient (Wildman–Crippen LogP) is 0.387. The number of ether oxygens (including phenoxy) is 1. The first-order valence-corrected chi connectivity index (χ1v) is 6.78. The molecule has 1 saturated heterocycles. The van der Waals surface area contributed by atoms with Crippen molar-refractivity contribution in [1.82, 2.24) is 10.1 Å². The molecule has 0 saturated carbocycles. The number of amides is 1. The topological polar surface area (TPSA) is 75.8 Å². The summed E-state index contributed by atoms with van der Waals surface area (Å²) < 4.78 is 10.5. The number of aryl methyl sites for hydroxylation is 1. The van der Waals surface area contributed by atoms with E-state index in [9.17, 15) is 9.90 Å². The lowest BCUT2D eigenvalue weighted by Gasteiger charge is -2.20. The summed E-state index contributed by atoms with van der Waals surface area (Å²) in [7, 11) is 0. The van der Waals surface area contributed by atoms with Crippen LogP contribution < -0.4 is 0 Å². The molecule has 1 N–H and O–H groups in total. The number of aromatic nitrogens is 1. The van der Waals surface area contributed by atoms with Crippen LogP contribution in [0, 0.1) is 0 Å². The Bertz CT molecular complexity index is 471. The molecular formula is C13H18N2O4. The van der Waals surface area contributed by atoms with E-state index in [0.29, 0.717) is 18.9 Å². The van der Waals surface area contributed by atoms with E-state index in [-0.39, 0.29) is 19.1 Å². The van der Waals surface area contributed by atoms with E-state index in [2.05, 4.69) is 5.16 Å². The summed E-state index contributed by atoms with van der Waals surface area (Å²) in [5, 5.41) is 13.7. The van der Waals surface area contributed by atoms with E-state index in [1.165, 1.54) is 0 Å². The van der Waals surface area contributed by atoms with Gasteiger partial charge in [0.15, 0.2) is 0 Å². The van der Waals surface area contributed by atoms with Gasteiger partial charge in [0.1, 0.15) is 0 Å². The molecule has 3 rings (SSSR count). The molecule has 0 unspecified atom stereocenters. The van der Waals surface area contributed by atoms with Crippen LogP contribution in [-0.2, 0) is 17.6 Å². The third-order valence-corrected chi connectivity index (χ3v) is 3.69. The van der Waals surface area contributed by atoms with E-state index >= 15 is 0 Å². The predicted molar refractivity (Wildman–Crippen MR) is 65.9 cm³/mol. The molecule has 1 aromatic rings. The largest absolute Gasteiger partial charge is 0.389 e. The number of carbonyl (C=O) groups excluding carboxylic acids is 1. The SMILES string of the molecule is O=C(c1onc2c1CCCC2)N1CCOC[C@@H](O)C1. The van der Waals surface area contributed by atoms with Crippen molar-refractivity contribution in [1.29, 1.82) is 0 Å². The Hall–Kier alpha value is -1.40. The highest BCUT2D eigenvalue weighted by molar-refractivity contribution is 5.93. The maximum atomic E-state index is 12.5. The fraction of sp³-hybridized carbons (Fsp3) is 0.692. The number of carbonyl (C=O) groups is 1. The van der Waals surface area contributed by atoms with E-state index < -0.39 is 6.10 Å². The zero-order valence-corrected chi connectivity index (χ0v) is 10.8. The van der Waals surface area contributed by atoms with Crippen molar-refractivity contribution < 1.29 is 19.2 Å². The summed E-state index contributed by atoms with van der Waals surface area (Å²) in [5.41, 5.74) is 1.87. The normalized spacial score (nSPS) is 23.8. The van der Waals surface area contributed by atoms with Crippen LogP contribution in [0.25, 0.3) is 0 Å². The molecule has 1 amide bonds. The van der Waals surface area contributed by atoms with Gasteiger partial charge in [-0.2, -0.15) is 0 Å². The number of fused-ring (bicyclic) bond motifs is 1. The van der Waals surface area contributed by atoms with Gasteiger partial charge in [-0.1, -0.05) is 5.16 Å². The Kier molecular flexibility index (Phi) is 3.52. The molecule has 1 atom stereocenters. The Morgan fingerprint density at radius 1 is 1.37 bits per heavy atom. The van der Waals surface area contributed by atoms with Gasteiger partial charge in [0.25, 0.3) is 5.91 Å². The maximum absolute atomic E-state index is 12.5. The Balaban J connectivity index is 1.81. The van der Waals surface area contributed by atoms with Crippen molar-refractivity contribution in [3.8, 4) is 0 Å². The number of nitrogens with zero attached hydrogens (tertiary/aromatic N) is 2. The standard InChI is InChI=1S/C13H18N2O4/c16-9-7-15(5-6-18-8-9)13(17)12-10-3-1-2-4-11(10)14-19-12/h9,16H,1-8H2/t9-/m0/s1. The molecule has 0 spiro atoms. The molecule has 19 heavy (non-hydrogen) atoms. The maximum Gasteiger partial charge on any atom is 0.292 e. The Morgan fingerprint density at radius 3 is 3.11 bits per heavy atom. The number of aliphatic hydroxyl groups excluding tert-OH is 1. The average Bonchev–Trinajstić information content (AvgIpc) is 2.73. The van der Waals surface area contributed by atoms with E-state index in [4.69, 9.17) is 9.26 Å². The molecule has 2 aliphatic rings. The fourth-order valence-electron chi connectivity index (χ4n) is 2.68. The van der Waals surface area contributed by atoms with Crippen LogP contribution in [0.2, 0.25) is 0 Å². The monoisotopic (exact) mass is 266 g/mol. The third-order valence-electron chi connectivity index (χ3n) is 3.69. The molecule has 0 radical (unpaired) electrons. The molecule has 1 aliphatic heterocycles. The number of hydrogen-bond acceptors (Lipinski definition) is 5. The molecule has 0 aromatic carbocycles. The van der Waals surface area contributed by atoms with Crippen LogP contribution in [-0.4, -0.2) is 53.5 Å². The van der Waals surface area contributed by atoms with Gasteiger partial charge in [-0.15, -0.1) is 0 Å². The number of hydrogen-bond donors (Lipinski definition) is 1. The fourth-order valence-corrected chi connectivity index (χ4v) is 2.68. The molecule has 2 heterocycles. The van der Waals surface area contributed by atoms with Crippen LogP contribution in [0.15, 0.2) is 4.52 Å². The summed E-state index contributed by atoms with van der Waals surface area (Å²) in [6.07, 6.45) is 3.28. The lowest BCUT2D eigenvalue weighted by molar-refractivity contribution is 0.0522. The molecule has 0 bridgehead atoms. The summed E-state index contributed by atoms with van der Waals surface area (Å²) in [6, 6.07) is 0. The molecule has 1 aliphatic carbocycles. The number of β-amino-alcohol motifs (C(OH)–C–C–N with tert-alkyl or cyclic N) is 1. The van der Waals surface area contributed by atoms with Crippen molar-refractivity contribution in [2.24, 2.45) is 0 Å². The van der Waals surface area contributed by atoms with Gasteiger partial charge in [-0.25, -0.2) is 0 Å². The van der Waals surface area contributed by atoms with Crippen molar-refractivity contribution in [2.45, 2.75) is 31.8 Å². The van der Waals surface area contributed by atoms with E-state index in [1.54, 1.807) is 4.90 Å². The van der Waals surface area contributed by atoms with E-state index in [1.807, 2.05) is 0 Å². The Morgan fingerprint density at radius 2 is 2.21 bits per heavy atom. The van der Waals surface area contributed by atoms with Crippen LogP contribution in [0.5, 0.6) is 0 Å². The first-order chi connectivity index (χ1) is 9.25. The molecule has 6 heteroatoms. The second-order valence-electron chi connectivity index (χ2n) is 5.12. The Labute approximate surface area is 111 Å². The second kappa shape index (κ2) is 5.30. The summed E-state index contributed by atoms with van der Waals surface area (Å²) in [5.74, 6) is 0.170. The highest BCUT2D eigenvalue weighted by Gasteiger charge is 2.29. The lowest BCUT2D eigenvalue weighted by Crippen LogP contribution is -2.38. The average molecular weight is 266 g/mol. The lowest BCUT2D eigenvalue weighted by atomic mass is 9.96. The smallest absolute Gasteiger partial charge is 0.292 e. The number of rotatable bonds is 1. The molecule has 1 fully saturated rings. The number of aliphatic hydroxyl groups is 1. The van der Waals surface area contributed by atoms with Crippen LogP contribution >= 0.6 is 0 Å². The van der Waals surface area contributed by atoms with Crippen molar-refractivity contribution in [3.63, 3.8) is 0 Å². The second-order valence-corrected chi connectivity index (χ2v) is 5.12. The molecular weight excluding hydrogens is 248 g/mol. The minimum Gasteiger partial charge on any atom is -0.389 e. The highest BCUT2D eigenvalue weighted by Crippen LogP contribution is 2.25. The third kappa shape index (κ3) is 2.50. The zero-order chi connectivity index (χ0) is 13.2. The van der Waals surface area contributed by atoms with Gasteiger partial charge in [0.2, 0.25) is 5.76 Å². The highest BCUT2D eigenvalue weighted by atomic mass is 16.5. The van der Waals surface area contributed by atoms with Crippen LogP contribution in [0.3, 0.4) is 0 Å². The van der Waals surface area contributed by atoms with Gasteiger partial charge >= 0.3 is 0 Å². The van der Waals surface area contributed by atoms with Gasteiger partial charge in [-0.3, -0.25) is 4.79 Å². The van der Waals surface area contributed by atoms with Crippen LogP contribution in [0.1, 0.15) is 34.7 Å². The molecule has 104 valence electrons. The van der Waals surface area contributed by atoms with Gasteiger partial charge in [0, 0.05) is 18.7 Å². The summed E-state index contributed by atoms with van der Waals surface area (Å²) in [6.45, 7) is 1.48. The van der Waals surface area contributed by atoms with E-state index in [0.717, 1.165) is 36.9 Å². The van der Waals surface area contributed by atoms with Gasteiger partial charge in [-0.05, 0) is 25.7 Å². The summed E-state index contributed by atoms with van der Waals surface area (Å²) in [4.78, 5) is 14.0. The summed E-state index contributed by atoms with van der Waals surface area (Å²) >= 11 is 0. The first-order valence-electron chi connectivity index (χ1n) is 6.78. The quantitative estimate of drug-likeness (QED) is 0.795. The minimum absolute atomic E-state index is 0.180. The van der Waals surface area contributed by atoms with Gasteiger partial charge < -0.3 is 19.3 Å². The zero-order valence-electron chi connectivity index (χ0n) is 10.8. The van der Waals surface area contributed by atoms with Crippen molar-refractivity contribution in [3.05, 3.63) is 17.0 Å². The molecule has 1 aromatic heterocycles. The van der Waals surface area contributed by atoms with Crippen molar-refractivity contribution >= 4 is 5.91 Å². The minimum atomic E-state index is -0.634. The van der Waals surface area contributed by atoms with Crippen LogP contribution in [0.4, 0.5) is 0 Å². The van der Waals surface area contributed by atoms with Crippen molar-refractivity contribution in [2.75, 3.05) is 26.3 Å². The first kappa shape index (κ1) is 12.6. The molecule has 6 nitrogen and oxygen atoms in total.